The smallest absolute Gasteiger partial charge is 0.172 e. The van der Waals surface area contributed by atoms with Crippen molar-refractivity contribution in [2.24, 2.45) is 17.8 Å². The molecule has 3 aliphatic heterocycles. The van der Waals surface area contributed by atoms with Gasteiger partial charge in [-0.15, -0.1) is 0 Å². The Bertz CT molecular complexity index is 1070. The first-order chi connectivity index (χ1) is 21.2. The van der Waals surface area contributed by atoms with Gasteiger partial charge in [-0.1, -0.05) is 65.5 Å². The highest BCUT2D eigenvalue weighted by atomic mass is 32.1. The van der Waals surface area contributed by atoms with E-state index in [1.165, 1.54) is 69.9 Å². The third kappa shape index (κ3) is 8.79. The summed E-state index contributed by atoms with van der Waals surface area (Å²) in [5, 5.41) is 15.4. The maximum absolute atomic E-state index is 9.91. The van der Waals surface area contributed by atoms with Gasteiger partial charge in [0.05, 0.1) is 6.04 Å². The van der Waals surface area contributed by atoms with Gasteiger partial charge in [-0.3, -0.25) is 4.90 Å². The van der Waals surface area contributed by atoms with Crippen LogP contribution in [0.1, 0.15) is 97.5 Å². The largest absolute Gasteiger partial charge is 0.508 e. The van der Waals surface area contributed by atoms with Crippen molar-refractivity contribution < 1.29 is 5.11 Å². The molecule has 0 bridgehead atoms. The van der Waals surface area contributed by atoms with Crippen molar-refractivity contribution in [3.63, 3.8) is 0 Å². The Morgan fingerprint density at radius 3 is 2.25 bits per heavy atom. The lowest BCUT2D eigenvalue weighted by Crippen LogP contribution is -2.51. The molecular formula is C36H59N5OS2. The van der Waals surface area contributed by atoms with Gasteiger partial charge in [-0.25, -0.2) is 0 Å². The molecule has 0 radical (unpaired) electrons. The fraction of sp³-hybridized carbons (Fsp3) is 0.778. The summed E-state index contributed by atoms with van der Waals surface area (Å²) in [4.78, 5) is 10.6. The molecule has 1 aromatic rings. The number of likely N-dealkylation sites (tertiary alicyclic amines) is 1. The van der Waals surface area contributed by atoms with Crippen LogP contribution < -0.4 is 5.32 Å². The molecule has 6 nitrogen and oxygen atoms in total. The van der Waals surface area contributed by atoms with E-state index in [2.05, 4.69) is 64.7 Å². The van der Waals surface area contributed by atoms with Gasteiger partial charge in [0.2, 0.25) is 0 Å². The Hall–Kier alpha value is -1.64. The summed E-state index contributed by atoms with van der Waals surface area (Å²) < 4.78 is 0. The lowest BCUT2D eigenvalue weighted by Gasteiger charge is -2.38. The molecule has 1 unspecified atom stereocenters. The van der Waals surface area contributed by atoms with Gasteiger partial charge in [0.25, 0.3) is 0 Å². The van der Waals surface area contributed by atoms with Crippen molar-refractivity contribution in [1.82, 2.24) is 24.9 Å². The van der Waals surface area contributed by atoms with Crippen molar-refractivity contribution in [2.45, 2.75) is 122 Å². The third-order valence-corrected chi connectivity index (χ3v) is 11.5. The van der Waals surface area contributed by atoms with Crippen LogP contribution in [0.5, 0.6) is 5.75 Å². The summed E-state index contributed by atoms with van der Waals surface area (Å²) in [7, 11) is 0. The second-order valence-electron chi connectivity index (χ2n) is 15.2. The van der Waals surface area contributed by atoms with Gasteiger partial charge in [0.1, 0.15) is 5.75 Å². The highest BCUT2D eigenvalue weighted by Crippen LogP contribution is 2.32. The van der Waals surface area contributed by atoms with E-state index in [1.807, 2.05) is 12.1 Å². The van der Waals surface area contributed by atoms with E-state index in [9.17, 15) is 5.11 Å². The molecule has 1 aromatic carbocycles. The number of thiocarbonyl (C=S) groups is 2. The number of rotatable bonds is 13. The summed E-state index contributed by atoms with van der Waals surface area (Å²) in [6, 6.07) is 9.70. The fourth-order valence-corrected chi connectivity index (χ4v) is 9.17. The maximum atomic E-state index is 9.91. The minimum Gasteiger partial charge on any atom is -0.508 e. The van der Waals surface area contributed by atoms with Gasteiger partial charge >= 0.3 is 0 Å². The average Bonchev–Trinajstić information content (AvgIpc) is 3.56. The number of benzene rings is 1. The van der Waals surface area contributed by atoms with Crippen molar-refractivity contribution in [3.8, 4) is 5.75 Å². The predicted molar refractivity (Wildman–Crippen MR) is 191 cm³/mol. The van der Waals surface area contributed by atoms with E-state index in [1.54, 1.807) is 0 Å². The van der Waals surface area contributed by atoms with Crippen LogP contribution >= 0.6 is 24.4 Å². The second kappa shape index (κ2) is 15.8. The van der Waals surface area contributed by atoms with Crippen molar-refractivity contribution in [2.75, 3.05) is 39.3 Å². The zero-order chi connectivity index (χ0) is 31.2. The number of nitrogens with one attached hydrogen (secondary N) is 1. The molecule has 44 heavy (non-hydrogen) atoms. The molecule has 5 rings (SSSR count). The average molecular weight is 642 g/mol. The van der Waals surface area contributed by atoms with E-state index in [4.69, 9.17) is 24.4 Å². The summed E-state index contributed by atoms with van der Waals surface area (Å²) in [5.41, 5.74) is 1.29. The van der Waals surface area contributed by atoms with Crippen LogP contribution in [-0.2, 0) is 6.42 Å². The normalized spacial score (nSPS) is 26.3. The van der Waals surface area contributed by atoms with E-state index in [-0.39, 0.29) is 0 Å². The highest BCUT2D eigenvalue weighted by Gasteiger charge is 2.41. The maximum Gasteiger partial charge on any atom is 0.172 e. The van der Waals surface area contributed by atoms with Crippen LogP contribution in [0.15, 0.2) is 24.3 Å². The van der Waals surface area contributed by atoms with Crippen LogP contribution in [0.3, 0.4) is 0 Å². The van der Waals surface area contributed by atoms with Crippen molar-refractivity contribution in [3.05, 3.63) is 29.8 Å². The standard InChI is InChI=1S/C36H59N5OS2/c1-26(2)18-31-21-37-35(43)39(31)24-30-12-9-17-38(30)23-32(19-27(3)4)41-25-33(20-28-13-15-34(42)16-14-28)40(36(41)44)22-29-10-7-5-6-8-11-29/h13-16,26-27,29-33,42H,5-12,17-25H2,1-4H3,(H,37,43)/t30?,31-,32-,33-/m0/s1. The second-order valence-corrected chi connectivity index (χ2v) is 15.9. The van der Waals surface area contributed by atoms with E-state index in [0.29, 0.717) is 41.8 Å². The van der Waals surface area contributed by atoms with Crippen LogP contribution in [0.25, 0.3) is 0 Å². The Morgan fingerprint density at radius 2 is 1.57 bits per heavy atom. The zero-order valence-corrected chi connectivity index (χ0v) is 29.6. The number of hydrogen-bond donors (Lipinski definition) is 2. The lowest BCUT2D eigenvalue weighted by atomic mass is 9.98. The highest BCUT2D eigenvalue weighted by molar-refractivity contribution is 7.80. The van der Waals surface area contributed by atoms with Crippen LogP contribution in [0, 0.1) is 17.8 Å². The molecule has 3 saturated heterocycles. The topological polar surface area (TPSA) is 45.2 Å². The summed E-state index contributed by atoms with van der Waals surface area (Å²) in [6.07, 6.45) is 14.0. The molecule has 0 spiro atoms. The molecule has 0 aromatic heterocycles. The molecule has 8 heteroatoms. The van der Waals surface area contributed by atoms with Crippen LogP contribution in [0.4, 0.5) is 0 Å². The number of nitrogens with zero attached hydrogens (tertiary/aromatic N) is 4. The molecule has 1 aliphatic carbocycles. The zero-order valence-electron chi connectivity index (χ0n) is 27.9. The van der Waals surface area contributed by atoms with E-state index < -0.39 is 0 Å². The van der Waals surface area contributed by atoms with E-state index >= 15 is 0 Å². The lowest BCUT2D eigenvalue weighted by molar-refractivity contribution is 0.147. The molecule has 0 amide bonds. The Kier molecular flexibility index (Phi) is 12.1. The first-order valence-electron chi connectivity index (χ1n) is 17.8. The first-order valence-corrected chi connectivity index (χ1v) is 18.6. The predicted octanol–water partition coefficient (Wildman–Crippen LogP) is 6.66. The number of phenolic OH excluding ortho intramolecular Hbond substituents is 1. The Balaban J connectivity index is 1.32. The number of hydrogen-bond acceptors (Lipinski definition) is 4. The minimum absolute atomic E-state index is 0.339. The number of aromatic hydroxyl groups is 1. The van der Waals surface area contributed by atoms with Crippen molar-refractivity contribution in [1.29, 1.82) is 0 Å². The Morgan fingerprint density at radius 1 is 0.841 bits per heavy atom. The first kappa shape index (κ1) is 33.7. The van der Waals surface area contributed by atoms with Gasteiger partial charge in [0, 0.05) is 50.8 Å². The Labute approximate surface area is 278 Å². The SMILES string of the molecule is CC(C)C[C@H]1CNC(=S)N1CC1CCCN1C[C@H](CC(C)C)N1C[C@H](Cc2ccc(O)cc2)N(CC2CCCCCC2)C1=S. The fourth-order valence-electron chi connectivity index (χ4n) is 8.41. The summed E-state index contributed by atoms with van der Waals surface area (Å²) in [6.45, 7) is 15.8. The third-order valence-electron chi connectivity index (χ3n) is 10.6. The van der Waals surface area contributed by atoms with Gasteiger partial charge in [-0.05, 0) is 111 Å². The molecule has 4 fully saturated rings. The molecule has 1 saturated carbocycles. The number of phenols is 1. The van der Waals surface area contributed by atoms with Gasteiger partial charge < -0.3 is 25.1 Å². The minimum atomic E-state index is 0.339. The molecule has 4 atom stereocenters. The van der Waals surface area contributed by atoms with Crippen LogP contribution in [0.2, 0.25) is 0 Å². The van der Waals surface area contributed by atoms with E-state index in [0.717, 1.165) is 61.7 Å². The molecular weight excluding hydrogens is 583 g/mol. The van der Waals surface area contributed by atoms with Gasteiger partial charge in [0.15, 0.2) is 10.2 Å². The van der Waals surface area contributed by atoms with Gasteiger partial charge in [-0.2, -0.15) is 0 Å². The monoisotopic (exact) mass is 641 g/mol. The quantitative estimate of drug-likeness (QED) is 0.183. The molecule has 2 N–H and O–H groups in total. The molecule has 246 valence electrons. The molecule has 3 heterocycles. The van der Waals surface area contributed by atoms with Crippen molar-refractivity contribution >= 4 is 34.7 Å². The van der Waals surface area contributed by atoms with Crippen LogP contribution in [-0.4, -0.2) is 98.4 Å². The summed E-state index contributed by atoms with van der Waals surface area (Å²) in [5.74, 6) is 2.36. The molecule has 4 aliphatic rings. The summed E-state index contributed by atoms with van der Waals surface area (Å²) >= 11 is 12.2.